The molecule has 0 heterocycles. The van der Waals surface area contributed by atoms with E-state index in [9.17, 15) is 0 Å². The molecule has 1 nitrogen and oxygen atoms in total. The van der Waals surface area contributed by atoms with E-state index in [1.807, 2.05) is 6.08 Å². The molecule has 0 aliphatic heterocycles. The average molecular weight is 341 g/mol. The van der Waals surface area contributed by atoms with Crippen LogP contribution in [0.25, 0.3) is 0 Å². The van der Waals surface area contributed by atoms with Gasteiger partial charge in [0.25, 0.3) is 0 Å². The maximum absolute atomic E-state index is 9.03. The molecular formula is C24H36O. The van der Waals surface area contributed by atoms with Crippen molar-refractivity contribution in [2.75, 3.05) is 6.61 Å². The normalized spacial score (nSPS) is 23.0. The number of aliphatic hydroxyl groups excluding tert-OH is 1. The largest absolute Gasteiger partial charge is 0.392 e. The van der Waals surface area contributed by atoms with E-state index in [0.29, 0.717) is 5.41 Å². The van der Waals surface area contributed by atoms with Crippen molar-refractivity contribution in [3.8, 4) is 0 Å². The Balaban J connectivity index is 2.29. The van der Waals surface area contributed by atoms with Crippen LogP contribution in [0, 0.1) is 5.41 Å². The predicted molar refractivity (Wildman–Crippen MR) is 110 cm³/mol. The van der Waals surface area contributed by atoms with Crippen molar-refractivity contribution >= 4 is 0 Å². The van der Waals surface area contributed by atoms with E-state index >= 15 is 0 Å². The molecule has 0 fully saturated rings. The molecule has 25 heavy (non-hydrogen) atoms. The summed E-state index contributed by atoms with van der Waals surface area (Å²) in [5.41, 5.74) is 7.55. The summed E-state index contributed by atoms with van der Waals surface area (Å²) in [5, 5.41) is 9.03. The maximum atomic E-state index is 9.03. The van der Waals surface area contributed by atoms with Gasteiger partial charge in [-0.25, -0.2) is 0 Å². The highest BCUT2D eigenvalue weighted by Crippen LogP contribution is 2.41. The topological polar surface area (TPSA) is 20.2 Å². The first-order chi connectivity index (χ1) is 11.9. The van der Waals surface area contributed by atoms with Crippen LogP contribution < -0.4 is 0 Å². The molecule has 0 radical (unpaired) electrons. The third-order valence-electron chi connectivity index (χ3n) is 5.76. The fourth-order valence-corrected chi connectivity index (χ4v) is 4.15. The highest BCUT2D eigenvalue weighted by molar-refractivity contribution is 5.41. The quantitative estimate of drug-likeness (QED) is 0.544. The van der Waals surface area contributed by atoms with E-state index in [1.54, 1.807) is 11.1 Å². The van der Waals surface area contributed by atoms with Crippen molar-refractivity contribution in [2.45, 2.75) is 79.1 Å². The number of aliphatic hydroxyl groups is 1. The predicted octanol–water partition coefficient (Wildman–Crippen LogP) is 6.82. The van der Waals surface area contributed by atoms with Crippen LogP contribution in [0.5, 0.6) is 0 Å². The van der Waals surface area contributed by atoms with Gasteiger partial charge in [-0.1, -0.05) is 61.8 Å². The molecule has 2 aliphatic rings. The molecule has 0 atom stereocenters. The number of rotatable bonds is 5. The first-order valence-corrected chi connectivity index (χ1v) is 10.00. The molecule has 0 aromatic heterocycles. The van der Waals surface area contributed by atoms with Crippen molar-refractivity contribution in [1.29, 1.82) is 0 Å². The van der Waals surface area contributed by atoms with Crippen molar-refractivity contribution in [3.63, 3.8) is 0 Å². The van der Waals surface area contributed by atoms with Gasteiger partial charge in [0.1, 0.15) is 0 Å². The second kappa shape index (κ2) is 9.38. The third kappa shape index (κ3) is 5.85. The van der Waals surface area contributed by atoms with E-state index in [-0.39, 0.29) is 6.61 Å². The Morgan fingerprint density at radius 2 is 1.64 bits per heavy atom. The van der Waals surface area contributed by atoms with Gasteiger partial charge in [0.15, 0.2) is 0 Å². The highest BCUT2D eigenvalue weighted by Gasteiger charge is 2.26. The van der Waals surface area contributed by atoms with Gasteiger partial charge < -0.3 is 5.11 Å². The Bertz CT molecular complexity index is 608. The zero-order chi connectivity index (χ0) is 18.3. The lowest BCUT2D eigenvalue weighted by Gasteiger charge is -2.33. The molecule has 138 valence electrons. The van der Waals surface area contributed by atoms with Crippen LogP contribution in [0.2, 0.25) is 0 Å². The van der Waals surface area contributed by atoms with Gasteiger partial charge >= 0.3 is 0 Å². The summed E-state index contributed by atoms with van der Waals surface area (Å²) < 4.78 is 0. The standard InChI is InChI=1S/C24H36O/c1-19(16-18-25)12-13-21-10-6-5-7-11-22(21)14-15-23-20(2)9-8-17-24(23,3)4/h12-16,25H,5-11,17-18H2,1-4H3/b13-12+,15-14+,19-16+. The van der Waals surface area contributed by atoms with Crippen molar-refractivity contribution in [1.82, 2.24) is 0 Å². The van der Waals surface area contributed by atoms with Crippen LogP contribution in [0.1, 0.15) is 79.1 Å². The summed E-state index contributed by atoms with van der Waals surface area (Å²) >= 11 is 0. The van der Waals surface area contributed by atoms with Crippen LogP contribution in [-0.2, 0) is 0 Å². The van der Waals surface area contributed by atoms with Crippen LogP contribution in [0.15, 0.2) is 58.2 Å². The van der Waals surface area contributed by atoms with Crippen molar-refractivity contribution < 1.29 is 5.11 Å². The molecule has 1 heteroatoms. The minimum absolute atomic E-state index is 0.116. The average Bonchev–Trinajstić information content (AvgIpc) is 2.77. The van der Waals surface area contributed by atoms with E-state index in [0.717, 1.165) is 5.57 Å². The Morgan fingerprint density at radius 1 is 0.960 bits per heavy atom. The molecule has 0 aromatic carbocycles. The van der Waals surface area contributed by atoms with Gasteiger partial charge in [0, 0.05) is 0 Å². The summed E-state index contributed by atoms with van der Waals surface area (Å²) in [6, 6.07) is 0. The summed E-state index contributed by atoms with van der Waals surface area (Å²) in [6.45, 7) is 9.26. The van der Waals surface area contributed by atoms with Crippen LogP contribution in [-0.4, -0.2) is 11.7 Å². The molecular weight excluding hydrogens is 304 g/mol. The summed E-state index contributed by atoms with van der Waals surface area (Å²) in [7, 11) is 0. The minimum Gasteiger partial charge on any atom is -0.392 e. The molecule has 2 rings (SSSR count). The number of hydrogen-bond donors (Lipinski definition) is 1. The van der Waals surface area contributed by atoms with E-state index < -0.39 is 0 Å². The van der Waals surface area contributed by atoms with Gasteiger partial charge in [-0.05, 0) is 80.9 Å². The molecule has 0 aromatic rings. The lowest BCUT2D eigenvalue weighted by Crippen LogP contribution is -2.19. The van der Waals surface area contributed by atoms with Crippen molar-refractivity contribution in [3.05, 3.63) is 58.2 Å². The van der Waals surface area contributed by atoms with Crippen molar-refractivity contribution in [2.24, 2.45) is 5.41 Å². The first kappa shape index (κ1) is 20.0. The molecule has 0 saturated carbocycles. The van der Waals surface area contributed by atoms with E-state index in [2.05, 4.69) is 52.0 Å². The Labute approximate surface area is 154 Å². The minimum atomic E-state index is 0.116. The molecule has 0 bridgehead atoms. The molecule has 0 unspecified atom stereocenters. The summed E-state index contributed by atoms with van der Waals surface area (Å²) in [4.78, 5) is 0. The Kier molecular flexibility index (Phi) is 7.50. The number of allylic oxidation sites excluding steroid dienone is 9. The van der Waals surface area contributed by atoms with E-state index in [4.69, 9.17) is 5.11 Å². The lowest BCUT2D eigenvalue weighted by atomic mass is 9.72. The SMILES string of the molecule is CC1=C(/C=C/C2=C(/C=C/C(C)=C/CO)CCCCC2)C(C)(C)CCC1. The van der Waals surface area contributed by atoms with Crippen LogP contribution in [0.4, 0.5) is 0 Å². The van der Waals surface area contributed by atoms with Gasteiger partial charge in [-0.15, -0.1) is 0 Å². The molecule has 0 spiro atoms. The summed E-state index contributed by atoms with van der Waals surface area (Å²) in [5.74, 6) is 0. The molecule has 0 saturated heterocycles. The number of hydrogen-bond acceptors (Lipinski definition) is 1. The second-order valence-electron chi connectivity index (χ2n) is 8.34. The maximum Gasteiger partial charge on any atom is 0.0617 e. The Morgan fingerprint density at radius 3 is 2.28 bits per heavy atom. The smallest absolute Gasteiger partial charge is 0.0617 e. The molecule has 2 aliphatic carbocycles. The van der Waals surface area contributed by atoms with E-state index in [1.165, 1.54) is 62.5 Å². The van der Waals surface area contributed by atoms with Gasteiger partial charge in [0.2, 0.25) is 0 Å². The zero-order valence-corrected chi connectivity index (χ0v) is 16.7. The fourth-order valence-electron chi connectivity index (χ4n) is 4.15. The fraction of sp³-hybridized carbons (Fsp3) is 0.583. The first-order valence-electron chi connectivity index (χ1n) is 10.00. The van der Waals surface area contributed by atoms with Crippen LogP contribution in [0.3, 0.4) is 0 Å². The highest BCUT2D eigenvalue weighted by atomic mass is 16.2. The van der Waals surface area contributed by atoms with Gasteiger partial charge in [0.05, 0.1) is 6.61 Å². The third-order valence-corrected chi connectivity index (χ3v) is 5.76. The lowest BCUT2D eigenvalue weighted by molar-refractivity contribution is 0.342. The van der Waals surface area contributed by atoms with Gasteiger partial charge in [-0.3, -0.25) is 0 Å². The zero-order valence-electron chi connectivity index (χ0n) is 16.7. The Hall–Kier alpha value is -1.34. The second-order valence-corrected chi connectivity index (χ2v) is 8.34. The van der Waals surface area contributed by atoms with Gasteiger partial charge in [-0.2, -0.15) is 0 Å². The molecule has 0 amide bonds. The van der Waals surface area contributed by atoms with Crippen LogP contribution >= 0.6 is 0 Å². The summed E-state index contributed by atoms with van der Waals surface area (Å²) in [6.07, 6.45) is 21.2. The monoisotopic (exact) mass is 340 g/mol. The molecule has 1 N–H and O–H groups in total.